The lowest BCUT2D eigenvalue weighted by molar-refractivity contribution is 0.0588. The predicted molar refractivity (Wildman–Crippen MR) is 58.2 cm³/mol. The van der Waals surface area contributed by atoms with Gasteiger partial charge in [0.05, 0.1) is 0 Å². The molecule has 2 unspecified atom stereocenters. The van der Waals surface area contributed by atoms with Gasteiger partial charge in [-0.1, -0.05) is 27.7 Å². The fourth-order valence-corrected chi connectivity index (χ4v) is 1.36. The first-order valence-electron chi connectivity index (χ1n) is 4.89. The molecule has 0 aliphatic heterocycles. The van der Waals surface area contributed by atoms with Gasteiger partial charge >= 0.3 is 0 Å². The highest BCUT2D eigenvalue weighted by atomic mass is 14.8. The number of rotatable bonds is 4. The molecule has 0 rings (SSSR count). The van der Waals surface area contributed by atoms with E-state index >= 15 is 0 Å². The molecule has 0 aromatic rings. The third kappa shape index (κ3) is 2.22. The molecule has 3 heteroatoms. The van der Waals surface area contributed by atoms with Gasteiger partial charge in [0.25, 0.3) is 0 Å². The third-order valence-electron chi connectivity index (χ3n) is 3.98. The van der Waals surface area contributed by atoms with Crippen molar-refractivity contribution in [3.63, 3.8) is 0 Å². The van der Waals surface area contributed by atoms with E-state index in [0.29, 0.717) is 6.54 Å². The standard InChI is InChI=1S/C10H25N3/c1-7(12)9(2,3)10(4,5)8(13)6-11/h7-8H,6,11-13H2,1-5H3. The molecule has 6 N–H and O–H groups in total. The highest BCUT2D eigenvalue weighted by Gasteiger charge is 2.43. The molecule has 0 spiro atoms. The molecule has 3 nitrogen and oxygen atoms in total. The molecule has 2 atom stereocenters. The number of hydrogen-bond donors (Lipinski definition) is 3. The second-order valence-electron chi connectivity index (χ2n) is 5.07. The van der Waals surface area contributed by atoms with Crippen molar-refractivity contribution >= 4 is 0 Å². The Labute approximate surface area is 82.0 Å². The first-order valence-corrected chi connectivity index (χ1v) is 4.89. The van der Waals surface area contributed by atoms with Gasteiger partial charge in [-0.25, -0.2) is 0 Å². The van der Waals surface area contributed by atoms with E-state index in [1.54, 1.807) is 0 Å². The van der Waals surface area contributed by atoms with E-state index in [4.69, 9.17) is 17.2 Å². The van der Waals surface area contributed by atoms with E-state index in [2.05, 4.69) is 27.7 Å². The summed E-state index contributed by atoms with van der Waals surface area (Å²) < 4.78 is 0. The Bertz CT molecular complexity index is 162. The molecule has 0 saturated heterocycles. The first-order chi connectivity index (χ1) is 5.67. The van der Waals surface area contributed by atoms with E-state index in [1.807, 2.05) is 6.92 Å². The van der Waals surface area contributed by atoms with Crippen LogP contribution in [-0.4, -0.2) is 18.6 Å². The summed E-state index contributed by atoms with van der Waals surface area (Å²) in [6.07, 6.45) is 0. The monoisotopic (exact) mass is 187 g/mol. The third-order valence-corrected chi connectivity index (χ3v) is 3.98. The quantitative estimate of drug-likeness (QED) is 0.605. The molecule has 0 aromatic carbocycles. The fraction of sp³-hybridized carbons (Fsp3) is 1.00. The van der Waals surface area contributed by atoms with Crippen molar-refractivity contribution in [3.8, 4) is 0 Å². The maximum absolute atomic E-state index is 5.99. The number of hydrogen-bond acceptors (Lipinski definition) is 3. The first kappa shape index (κ1) is 12.9. The van der Waals surface area contributed by atoms with Gasteiger partial charge in [0.15, 0.2) is 0 Å². The zero-order valence-electron chi connectivity index (χ0n) is 9.59. The maximum Gasteiger partial charge on any atom is 0.0220 e. The van der Waals surface area contributed by atoms with Gasteiger partial charge in [0, 0.05) is 18.6 Å². The number of nitrogens with two attached hydrogens (primary N) is 3. The Morgan fingerprint density at radius 2 is 1.38 bits per heavy atom. The van der Waals surface area contributed by atoms with Crippen molar-refractivity contribution in [2.24, 2.45) is 28.0 Å². The zero-order valence-corrected chi connectivity index (χ0v) is 9.59. The van der Waals surface area contributed by atoms with Crippen LogP contribution in [0.3, 0.4) is 0 Å². The fourth-order valence-electron chi connectivity index (χ4n) is 1.36. The van der Waals surface area contributed by atoms with E-state index in [-0.39, 0.29) is 22.9 Å². The molecule has 13 heavy (non-hydrogen) atoms. The van der Waals surface area contributed by atoms with Crippen LogP contribution in [-0.2, 0) is 0 Å². The molecular weight excluding hydrogens is 162 g/mol. The van der Waals surface area contributed by atoms with Gasteiger partial charge in [-0.15, -0.1) is 0 Å². The highest BCUT2D eigenvalue weighted by Crippen LogP contribution is 2.42. The molecule has 0 aliphatic carbocycles. The van der Waals surface area contributed by atoms with Crippen LogP contribution >= 0.6 is 0 Å². The van der Waals surface area contributed by atoms with Crippen LogP contribution in [0.4, 0.5) is 0 Å². The van der Waals surface area contributed by atoms with Crippen LogP contribution < -0.4 is 17.2 Å². The van der Waals surface area contributed by atoms with Crippen LogP contribution in [0.1, 0.15) is 34.6 Å². The van der Waals surface area contributed by atoms with Gasteiger partial charge in [-0.05, 0) is 17.8 Å². The van der Waals surface area contributed by atoms with Crippen molar-refractivity contribution < 1.29 is 0 Å². The average Bonchev–Trinajstić information content (AvgIpc) is 2.02. The molecule has 0 fully saturated rings. The Hall–Kier alpha value is -0.120. The minimum atomic E-state index is -0.0457. The van der Waals surface area contributed by atoms with Gasteiger partial charge in [-0.2, -0.15) is 0 Å². The normalized spacial score (nSPS) is 18.5. The summed E-state index contributed by atoms with van der Waals surface area (Å²) in [6, 6.07) is 0.105. The van der Waals surface area contributed by atoms with E-state index in [9.17, 15) is 0 Å². The minimum Gasteiger partial charge on any atom is -0.329 e. The second kappa shape index (κ2) is 3.95. The summed E-state index contributed by atoms with van der Waals surface area (Å²) in [5, 5.41) is 0. The summed E-state index contributed by atoms with van der Waals surface area (Å²) >= 11 is 0. The summed E-state index contributed by atoms with van der Waals surface area (Å²) in [7, 11) is 0. The molecule has 0 bridgehead atoms. The summed E-state index contributed by atoms with van der Waals surface area (Å²) in [5.74, 6) is 0. The zero-order chi connectivity index (χ0) is 10.9. The molecule has 0 heterocycles. The molecule has 80 valence electrons. The SMILES string of the molecule is CC(N)C(C)(C)C(C)(C)C(N)CN. The lowest BCUT2D eigenvalue weighted by Gasteiger charge is -2.48. The largest absolute Gasteiger partial charge is 0.329 e. The topological polar surface area (TPSA) is 78.1 Å². The molecular formula is C10H25N3. The van der Waals surface area contributed by atoms with E-state index in [1.165, 1.54) is 0 Å². The lowest BCUT2D eigenvalue weighted by Crippen LogP contribution is -2.56. The molecule has 0 saturated carbocycles. The molecule has 0 aromatic heterocycles. The van der Waals surface area contributed by atoms with Crippen molar-refractivity contribution in [3.05, 3.63) is 0 Å². The van der Waals surface area contributed by atoms with Crippen LogP contribution in [0.15, 0.2) is 0 Å². The van der Waals surface area contributed by atoms with Gasteiger partial charge in [0.1, 0.15) is 0 Å². The molecule has 0 amide bonds. The Kier molecular flexibility index (Phi) is 3.91. The summed E-state index contributed by atoms with van der Waals surface area (Å²) in [5.41, 5.74) is 17.5. The summed E-state index contributed by atoms with van der Waals surface area (Å²) in [4.78, 5) is 0. The van der Waals surface area contributed by atoms with Gasteiger partial charge in [0.2, 0.25) is 0 Å². The van der Waals surface area contributed by atoms with Crippen molar-refractivity contribution in [2.45, 2.75) is 46.7 Å². The smallest absolute Gasteiger partial charge is 0.0220 e. The Morgan fingerprint density at radius 1 is 1.00 bits per heavy atom. The van der Waals surface area contributed by atoms with Crippen molar-refractivity contribution in [2.75, 3.05) is 6.54 Å². The van der Waals surface area contributed by atoms with Crippen LogP contribution in [0.5, 0.6) is 0 Å². The van der Waals surface area contributed by atoms with Gasteiger partial charge < -0.3 is 17.2 Å². The lowest BCUT2D eigenvalue weighted by atomic mass is 9.61. The second-order valence-corrected chi connectivity index (χ2v) is 5.07. The predicted octanol–water partition coefficient (Wildman–Crippen LogP) is 0.672. The van der Waals surface area contributed by atoms with E-state index < -0.39 is 0 Å². The van der Waals surface area contributed by atoms with Crippen molar-refractivity contribution in [1.29, 1.82) is 0 Å². The highest BCUT2D eigenvalue weighted by molar-refractivity contribution is 4.97. The van der Waals surface area contributed by atoms with Crippen LogP contribution in [0, 0.1) is 10.8 Å². The molecule has 0 radical (unpaired) electrons. The van der Waals surface area contributed by atoms with Crippen molar-refractivity contribution in [1.82, 2.24) is 0 Å². The Morgan fingerprint density at radius 3 is 1.62 bits per heavy atom. The average molecular weight is 187 g/mol. The Balaban J connectivity index is 4.80. The van der Waals surface area contributed by atoms with E-state index in [0.717, 1.165) is 0 Å². The minimum absolute atomic E-state index is 0.00602. The summed E-state index contributed by atoms with van der Waals surface area (Å²) in [6.45, 7) is 11.1. The maximum atomic E-state index is 5.99. The van der Waals surface area contributed by atoms with Crippen LogP contribution in [0.25, 0.3) is 0 Å². The van der Waals surface area contributed by atoms with Crippen LogP contribution in [0.2, 0.25) is 0 Å². The molecule has 0 aliphatic rings. The van der Waals surface area contributed by atoms with Gasteiger partial charge in [-0.3, -0.25) is 0 Å².